The molecule has 0 radical (unpaired) electrons. The van der Waals surface area contributed by atoms with Gasteiger partial charge in [0.15, 0.2) is 0 Å². The third kappa shape index (κ3) is 2.96. The highest BCUT2D eigenvalue weighted by Crippen LogP contribution is 2.11. The SMILES string of the molecule is CN1C[C@H](NC(=O)c2cccc(I)c2)CC1=O. The van der Waals surface area contributed by atoms with Gasteiger partial charge < -0.3 is 10.2 Å². The van der Waals surface area contributed by atoms with Crippen molar-refractivity contribution >= 4 is 34.4 Å². The Kier molecular flexibility index (Phi) is 3.66. The van der Waals surface area contributed by atoms with Gasteiger partial charge in [0.2, 0.25) is 5.91 Å². The molecule has 1 heterocycles. The van der Waals surface area contributed by atoms with Crippen LogP contribution in [0.5, 0.6) is 0 Å². The van der Waals surface area contributed by atoms with Gasteiger partial charge in [0.25, 0.3) is 5.91 Å². The van der Waals surface area contributed by atoms with Crippen LogP contribution in [0.2, 0.25) is 0 Å². The van der Waals surface area contributed by atoms with Crippen molar-refractivity contribution < 1.29 is 9.59 Å². The van der Waals surface area contributed by atoms with Gasteiger partial charge in [-0.25, -0.2) is 0 Å². The van der Waals surface area contributed by atoms with Gasteiger partial charge in [-0.05, 0) is 40.8 Å². The minimum Gasteiger partial charge on any atom is -0.347 e. The number of nitrogens with zero attached hydrogens (tertiary/aromatic N) is 1. The van der Waals surface area contributed by atoms with Crippen molar-refractivity contribution in [1.29, 1.82) is 0 Å². The van der Waals surface area contributed by atoms with Crippen molar-refractivity contribution in [1.82, 2.24) is 10.2 Å². The largest absolute Gasteiger partial charge is 0.347 e. The van der Waals surface area contributed by atoms with Crippen molar-refractivity contribution in [3.63, 3.8) is 0 Å². The molecule has 1 atom stereocenters. The summed E-state index contributed by atoms with van der Waals surface area (Å²) in [7, 11) is 1.75. The van der Waals surface area contributed by atoms with Gasteiger partial charge in [-0.15, -0.1) is 0 Å². The zero-order valence-corrected chi connectivity index (χ0v) is 11.6. The lowest BCUT2D eigenvalue weighted by molar-refractivity contribution is -0.126. The molecule has 0 saturated carbocycles. The fourth-order valence-corrected chi connectivity index (χ4v) is 2.40. The van der Waals surface area contributed by atoms with Gasteiger partial charge in [-0.2, -0.15) is 0 Å². The lowest BCUT2D eigenvalue weighted by Gasteiger charge is -2.12. The minimum atomic E-state index is -0.114. The molecular weight excluding hydrogens is 331 g/mol. The molecule has 0 aliphatic carbocycles. The number of hydrogen-bond acceptors (Lipinski definition) is 2. The van der Waals surface area contributed by atoms with Gasteiger partial charge >= 0.3 is 0 Å². The molecule has 0 unspecified atom stereocenters. The zero-order valence-electron chi connectivity index (χ0n) is 9.44. The van der Waals surface area contributed by atoms with Gasteiger partial charge in [-0.1, -0.05) is 6.07 Å². The molecule has 2 amide bonds. The normalized spacial score (nSPS) is 19.5. The standard InChI is InChI=1S/C12H13IN2O2/c1-15-7-10(6-11(15)16)14-12(17)8-3-2-4-9(13)5-8/h2-5,10H,6-7H2,1H3,(H,14,17)/t10-/m1/s1. The molecule has 0 aromatic heterocycles. The van der Waals surface area contributed by atoms with Crippen molar-refractivity contribution in [3.05, 3.63) is 33.4 Å². The van der Waals surface area contributed by atoms with Crippen LogP contribution in [-0.2, 0) is 4.79 Å². The number of nitrogens with one attached hydrogen (secondary N) is 1. The predicted octanol–water partition coefficient (Wildman–Crippen LogP) is 1.25. The minimum absolute atomic E-state index is 0.0714. The van der Waals surface area contributed by atoms with Crippen molar-refractivity contribution in [3.8, 4) is 0 Å². The van der Waals surface area contributed by atoms with E-state index in [4.69, 9.17) is 0 Å². The molecule has 0 spiro atoms. The topological polar surface area (TPSA) is 49.4 Å². The highest BCUT2D eigenvalue weighted by molar-refractivity contribution is 14.1. The number of hydrogen-bond donors (Lipinski definition) is 1. The Hall–Kier alpha value is -1.11. The summed E-state index contributed by atoms with van der Waals surface area (Å²) in [6.07, 6.45) is 0.395. The van der Waals surface area contributed by atoms with E-state index < -0.39 is 0 Å². The quantitative estimate of drug-likeness (QED) is 0.821. The molecule has 4 nitrogen and oxygen atoms in total. The molecule has 0 bridgehead atoms. The Morgan fingerprint density at radius 2 is 2.29 bits per heavy atom. The number of carbonyl (C=O) groups is 2. The number of halogens is 1. The average Bonchev–Trinajstić information content (AvgIpc) is 2.58. The Morgan fingerprint density at radius 3 is 2.88 bits per heavy atom. The molecular formula is C12H13IN2O2. The van der Waals surface area contributed by atoms with Crippen LogP contribution in [-0.4, -0.2) is 36.3 Å². The Labute approximate surface area is 114 Å². The van der Waals surface area contributed by atoms with E-state index >= 15 is 0 Å². The van der Waals surface area contributed by atoms with Gasteiger partial charge in [0, 0.05) is 29.1 Å². The lowest BCUT2D eigenvalue weighted by Crippen LogP contribution is -2.36. The first kappa shape index (κ1) is 12.3. The molecule has 5 heteroatoms. The molecule has 17 heavy (non-hydrogen) atoms. The average molecular weight is 344 g/mol. The second-order valence-corrected chi connectivity index (χ2v) is 5.40. The maximum Gasteiger partial charge on any atom is 0.251 e. The van der Waals surface area contributed by atoms with E-state index in [0.29, 0.717) is 18.5 Å². The third-order valence-corrected chi connectivity index (χ3v) is 3.43. The van der Waals surface area contributed by atoms with Crippen LogP contribution >= 0.6 is 22.6 Å². The Morgan fingerprint density at radius 1 is 1.53 bits per heavy atom. The summed E-state index contributed by atoms with van der Waals surface area (Å²) in [6, 6.07) is 7.32. The number of benzene rings is 1. The summed E-state index contributed by atoms with van der Waals surface area (Å²) in [5, 5.41) is 2.88. The summed E-state index contributed by atoms with van der Waals surface area (Å²) < 4.78 is 1.02. The van der Waals surface area contributed by atoms with E-state index in [1.165, 1.54) is 0 Å². The fourth-order valence-electron chi connectivity index (χ4n) is 1.86. The van der Waals surface area contributed by atoms with E-state index in [2.05, 4.69) is 27.9 Å². The first-order chi connectivity index (χ1) is 8.06. The molecule has 1 aliphatic rings. The third-order valence-electron chi connectivity index (χ3n) is 2.76. The second kappa shape index (κ2) is 5.03. The Bertz CT molecular complexity index is 462. The van der Waals surface area contributed by atoms with Gasteiger partial charge in [-0.3, -0.25) is 9.59 Å². The predicted molar refractivity (Wildman–Crippen MR) is 72.7 cm³/mol. The first-order valence-corrected chi connectivity index (χ1v) is 6.44. The highest BCUT2D eigenvalue weighted by atomic mass is 127. The van der Waals surface area contributed by atoms with Crippen molar-refractivity contribution in [2.24, 2.45) is 0 Å². The maximum absolute atomic E-state index is 11.9. The zero-order chi connectivity index (χ0) is 12.4. The molecule has 1 aromatic carbocycles. The van der Waals surface area contributed by atoms with Crippen molar-refractivity contribution in [2.75, 3.05) is 13.6 Å². The van der Waals surface area contributed by atoms with Crippen LogP contribution in [0, 0.1) is 3.57 Å². The summed E-state index contributed by atoms with van der Waals surface area (Å²) >= 11 is 2.17. The summed E-state index contributed by atoms with van der Waals surface area (Å²) in [4.78, 5) is 24.9. The van der Waals surface area contributed by atoms with Crippen LogP contribution in [0.3, 0.4) is 0 Å². The number of amides is 2. The summed E-state index contributed by atoms with van der Waals surface area (Å²) in [5.41, 5.74) is 0.638. The van der Waals surface area contributed by atoms with E-state index in [1.807, 2.05) is 18.2 Å². The molecule has 1 N–H and O–H groups in total. The fraction of sp³-hybridized carbons (Fsp3) is 0.333. The monoisotopic (exact) mass is 344 g/mol. The van der Waals surface area contributed by atoms with Crippen LogP contribution in [0.25, 0.3) is 0 Å². The lowest BCUT2D eigenvalue weighted by atomic mass is 10.2. The number of likely N-dealkylation sites (N-methyl/N-ethyl adjacent to an activating group) is 1. The van der Waals surface area contributed by atoms with Crippen LogP contribution < -0.4 is 5.32 Å². The summed E-state index contributed by atoms with van der Waals surface area (Å²) in [6.45, 7) is 0.592. The number of likely N-dealkylation sites (tertiary alicyclic amines) is 1. The van der Waals surface area contributed by atoms with E-state index in [9.17, 15) is 9.59 Å². The van der Waals surface area contributed by atoms with E-state index in [-0.39, 0.29) is 17.9 Å². The molecule has 90 valence electrons. The number of carbonyl (C=O) groups excluding carboxylic acids is 2. The maximum atomic E-state index is 11.9. The van der Waals surface area contributed by atoms with E-state index in [0.717, 1.165) is 3.57 Å². The van der Waals surface area contributed by atoms with Crippen LogP contribution in [0.4, 0.5) is 0 Å². The van der Waals surface area contributed by atoms with E-state index in [1.54, 1.807) is 18.0 Å². The number of rotatable bonds is 2. The molecule has 1 fully saturated rings. The molecule has 2 rings (SSSR count). The van der Waals surface area contributed by atoms with Gasteiger partial charge in [0.05, 0.1) is 6.04 Å². The van der Waals surface area contributed by atoms with Crippen molar-refractivity contribution in [2.45, 2.75) is 12.5 Å². The second-order valence-electron chi connectivity index (χ2n) is 4.16. The van der Waals surface area contributed by atoms with Crippen LogP contribution in [0.1, 0.15) is 16.8 Å². The molecule has 1 aromatic rings. The molecule has 1 aliphatic heterocycles. The van der Waals surface area contributed by atoms with Crippen LogP contribution in [0.15, 0.2) is 24.3 Å². The molecule has 1 saturated heterocycles. The Balaban J connectivity index is 2.01. The summed E-state index contributed by atoms with van der Waals surface area (Å²) in [5.74, 6) is -0.0328. The smallest absolute Gasteiger partial charge is 0.251 e. The first-order valence-electron chi connectivity index (χ1n) is 5.36. The highest BCUT2D eigenvalue weighted by Gasteiger charge is 2.27. The van der Waals surface area contributed by atoms with Gasteiger partial charge in [0.1, 0.15) is 0 Å².